The number of anilines is 2. The topological polar surface area (TPSA) is 64.1 Å². The van der Waals surface area contributed by atoms with Gasteiger partial charge in [0.15, 0.2) is 0 Å². The van der Waals surface area contributed by atoms with Crippen molar-refractivity contribution in [2.75, 3.05) is 54.7 Å². The van der Waals surface area contributed by atoms with E-state index in [1.54, 1.807) is 12.1 Å². The molecule has 6 nitrogen and oxygen atoms in total. The zero-order valence-corrected chi connectivity index (χ0v) is 18.0. The number of rotatable bonds is 5. The highest BCUT2D eigenvalue weighted by Crippen LogP contribution is 2.31. The number of hydrogen-bond donors (Lipinski definition) is 1. The average molecular weight is 434 g/mol. The van der Waals surface area contributed by atoms with Crippen LogP contribution in [-0.4, -0.2) is 63.9 Å². The Balaban J connectivity index is 1.39. The van der Waals surface area contributed by atoms with Gasteiger partial charge in [0.05, 0.1) is 23.7 Å². The van der Waals surface area contributed by atoms with Crippen molar-refractivity contribution in [3.63, 3.8) is 0 Å². The SMILES string of the molecule is CS(=O)(=O)N1CCCc2cc([C@@H](O)CN3CCN(c4ccccc4F)CC3)ccc21. The Bertz CT molecular complexity index is 1010. The molecule has 1 fully saturated rings. The van der Waals surface area contributed by atoms with Crippen LogP contribution >= 0.6 is 0 Å². The maximum absolute atomic E-state index is 14.0. The molecule has 1 atom stereocenters. The van der Waals surface area contributed by atoms with Gasteiger partial charge in [-0.3, -0.25) is 9.21 Å². The lowest BCUT2D eigenvalue weighted by atomic mass is 9.98. The molecular formula is C22H28FN3O3S. The first-order chi connectivity index (χ1) is 14.3. The summed E-state index contributed by atoms with van der Waals surface area (Å²) in [4.78, 5) is 4.22. The number of nitrogens with zero attached hydrogens (tertiary/aromatic N) is 3. The molecular weight excluding hydrogens is 405 g/mol. The van der Waals surface area contributed by atoms with Gasteiger partial charge in [0.2, 0.25) is 10.0 Å². The van der Waals surface area contributed by atoms with E-state index in [2.05, 4.69) is 4.90 Å². The molecule has 0 aliphatic carbocycles. The van der Waals surface area contributed by atoms with E-state index in [1.807, 2.05) is 29.2 Å². The molecule has 0 unspecified atom stereocenters. The van der Waals surface area contributed by atoms with Gasteiger partial charge in [0, 0.05) is 39.3 Å². The van der Waals surface area contributed by atoms with Crippen LogP contribution in [0.3, 0.4) is 0 Å². The van der Waals surface area contributed by atoms with Crippen LogP contribution in [0.15, 0.2) is 42.5 Å². The Hall–Kier alpha value is -2.16. The van der Waals surface area contributed by atoms with E-state index in [9.17, 15) is 17.9 Å². The number of hydrogen-bond acceptors (Lipinski definition) is 5. The highest BCUT2D eigenvalue weighted by atomic mass is 32.2. The van der Waals surface area contributed by atoms with Crippen LogP contribution in [-0.2, 0) is 16.4 Å². The predicted octanol–water partition coefficient (Wildman–Crippen LogP) is 2.39. The van der Waals surface area contributed by atoms with Crippen LogP contribution in [0.4, 0.5) is 15.8 Å². The number of fused-ring (bicyclic) bond motifs is 1. The lowest BCUT2D eigenvalue weighted by Crippen LogP contribution is -2.47. The van der Waals surface area contributed by atoms with Crippen LogP contribution in [0, 0.1) is 5.82 Å². The van der Waals surface area contributed by atoms with Crippen LogP contribution in [0.25, 0.3) is 0 Å². The zero-order chi connectivity index (χ0) is 21.3. The van der Waals surface area contributed by atoms with Crippen molar-refractivity contribution in [3.8, 4) is 0 Å². The van der Waals surface area contributed by atoms with Crippen molar-refractivity contribution in [2.24, 2.45) is 0 Å². The molecule has 0 amide bonds. The maximum Gasteiger partial charge on any atom is 0.232 e. The molecule has 1 N–H and O–H groups in total. The van der Waals surface area contributed by atoms with E-state index in [4.69, 9.17) is 0 Å². The third-order valence-electron chi connectivity index (χ3n) is 5.96. The second-order valence-electron chi connectivity index (χ2n) is 8.08. The first kappa shape index (κ1) is 21.1. The molecule has 0 aromatic heterocycles. The highest BCUT2D eigenvalue weighted by molar-refractivity contribution is 7.92. The molecule has 2 heterocycles. The van der Waals surface area contributed by atoms with E-state index in [1.165, 1.54) is 16.6 Å². The Kier molecular flexibility index (Phi) is 5.99. The highest BCUT2D eigenvalue weighted by Gasteiger charge is 2.26. The summed E-state index contributed by atoms with van der Waals surface area (Å²) in [6.07, 6.45) is 2.16. The van der Waals surface area contributed by atoms with E-state index in [0.717, 1.165) is 42.7 Å². The number of benzene rings is 2. The smallest absolute Gasteiger partial charge is 0.232 e. The summed E-state index contributed by atoms with van der Waals surface area (Å²) < 4.78 is 39.5. The fraction of sp³-hybridized carbons (Fsp3) is 0.455. The fourth-order valence-electron chi connectivity index (χ4n) is 4.36. The second kappa shape index (κ2) is 8.53. The number of β-amino-alcohol motifs (C(OH)–C–C–N with tert-alkyl or cyclic N) is 1. The molecule has 8 heteroatoms. The summed E-state index contributed by atoms with van der Waals surface area (Å²) in [5.41, 5.74) is 3.12. The molecule has 1 saturated heterocycles. The second-order valence-corrected chi connectivity index (χ2v) is 9.99. The Morgan fingerprint density at radius 3 is 2.47 bits per heavy atom. The van der Waals surface area contributed by atoms with Crippen LogP contribution in [0.1, 0.15) is 23.7 Å². The summed E-state index contributed by atoms with van der Waals surface area (Å²) in [7, 11) is -3.30. The number of piperazine rings is 1. The van der Waals surface area contributed by atoms with Crippen molar-refractivity contribution in [1.82, 2.24) is 4.90 Å². The van der Waals surface area contributed by atoms with Crippen molar-refractivity contribution < 1.29 is 17.9 Å². The average Bonchev–Trinajstić information content (AvgIpc) is 2.73. The normalized spacial score (nSPS) is 18.9. The van der Waals surface area contributed by atoms with Crippen molar-refractivity contribution in [1.29, 1.82) is 0 Å². The van der Waals surface area contributed by atoms with Crippen LogP contribution in [0.2, 0.25) is 0 Å². The predicted molar refractivity (Wildman–Crippen MR) is 117 cm³/mol. The first-order valence-electron chi connectivity index (χ1n) is 10.3. The van der Waals surface area contributed by atoms with E-state index >= 15 is 0 Å². The number of halogens is 1. The monoisotopic (exact) mass is 433 g/mol. The lowest BCUT2D eigenvalue weighted by molar-refractivity contribution is 0.109. The standard InChI is InChI=1S/C22H28FN3O3S/c1-30(28,29)26-10-4-5-17-15-18(8-9-20(17)26)22(27)16-24-11-13-25(14-12-24)21-7-3-2-6-19(21)23/h2-3,6-9,15,22,27H,4-5,10-14,16H2,1H3/t22-/m0/s1. The first-order valence-corrected chi connectivity index (χ1v) is 12.2. The summed E-state index contributed by atoms with van der Waals surface area (Å²) in [5.74, 6) is -0.205. The number of sulfonamides is 1. The molecule has 0 saturated carbocycles. The number of aryl methyl sites for hydroxylation is 1. The van der Waals surface area contributed by atoms with Crippen molar-refractivity contribution >= 4 is 21.4 Å². The van der Waals surface area contributed by atoms with E-state index in [0.29, 0.717) is 31.9 Å². The zero-order valence-electron chi connectivity index (χ0n) is 17.2. The molecule has 0 spiro atoms. The third kappa shape index (κ3) is 4.45. The van der Waals surface area contributed by atoms with Crippen LogP contribution in [0.5, 0.6) is 0 Å². The lowest BCUT2D eigenvalue weighted by Gasteiger charge is -2.37. The molecule has 0 radical (unpaired) electrons. The van der Waals surface area contributed by atoms with Gasteiger partial charge in [0.1, 0.15) is 5.82 Å². The molecule has 2 aliphatic rings. The molecule has 162 valence electrons. The minimum atomic E-state index is -3.30. The number of aliphatic hydroxyl groups is 1. The fourth-order valence-corrected chi connectivity index (χ4v) is 5.36. The number of aliphatic hydroxyl groups excluding tert-OH is 1. The Morgan fingerprint density at radius 2 is 1.77 bits per heavy atom. The molecule has 0 bridgehead atoms. The van der Waals surface area contributed by atoms with E-state index < -0.39 is 16.1 Å². The molecule has 2 aromatic carbocycles. The molecule has 2 aliphatic heterocycles. The minimum Gasteiger partial charge on any atom is -0.387 e. The van der Waals surface area contributed by atoms with Gasteiger partial charge in [-0.1, -0.05) is 24.3 Å². The Morgan fingerprint density at radius 1 is 1.03 bits per heavy atom. The van der Waals surface area contributed by atoms with Gasteiger partial charge < -0.3 is 10.0 Å². The van der Waals surface area contributed by atoms with Gasteiger partial charge in [-0.05, 0) is 42.2 Å². The molecule has 30 heavy (non-hydrogen) atoms. The summed E-state index contributed by atoms with van der Waals surface area (Å²) >= 11 is 0. The summed E-state index contributed by atoms with van der Waals surface area (Å²) in [6.45, 7) is 3.92. The summed E-state index contributed by atoms with van der Waals surface area (Å²) in [6, 6.07) is 12.4. The third-order valence-corrected chi connectivity index (χ3v) is 7.14. The Labute approximate surface area is 177 Å². The van der Waals surface area contributed by atoms with Crippen molar-refractivity contribution in [2.45, 2.75) is 18.9 Å². The maximum atomic E-state index is 14.0. The number of para-hydroxylation sites is 1. The molecule has 2 aromatic rings. The largest absolute Gasteiger partial charge is 0.387 e. The van der Waals surface area contributed by atoms with Gasteiger partial charge in [-0.2, -0.15) is 0 Å². The van der Waals surface area contributed by atoms with Gasteiger partial charge >= 0.3 is 0 Å². The molecule has 4 rings (SSSR count). The van der Waals surface area contributed by atoms with Gasteiger partial charge in [0.25, 0.3) is 0 Å². The quantitative estimate of drug-likeness (QED) is 0.785. The minimum absolute atomic E-state index is 0.205. The van der Waals surface area contributed by atoms with Crippen LogP contribution < -0.4 is 9.21 Å². The van der Waals surface area contributed by atoms with Gasteiger partial charge in [-0.25, -0.2) is 12.8 Å². The summed E-state index contributed by atoms with van der Waals surface area (Å²) in [5, 5.41) is 10.8. The van der Waals surface area contributed by atoms with Crippen molar-refractivity contribution in [3.05, 3.63) is 59.4 Å². The van der Waals surface area contributed by atoms with E-state index in [-0.39, 0.29) is 5.82 Å². The van der Waals surface area contributed by atoms with Gasteiger partial charge in [-0.15, -0.1) is 0 Å².